The van der Waals surface area contributed by atoms with Crippen molar-refractivity contribution in [2.24, 2.45) is 5.41 Å². The molecule has 0 saturated carbocycles. The van der Waals surface area contributed by atoms with E-state index in [9.17, 15) is 9.59 Å². The molecule has 0 spiro atoms. The lowest BCUT2D eigenvalue weighted by molar-refractivity contribution is -0.127. The van der Waals surface area contributed by atoms with E-state index in [4.69, 9.17) is 4.74 Å². The number of rotatable bonds is 3. The SMILES string of the molecule is COC(=O)c1sc(C#CC(C)(C)C)cc1NC1CCN(C)C1=O. The number of nitrogens with one attached hydrogen (secondary N) is 1. The number of likely N-dealkylation sites (tertiary alicyclic amines) is 1. The number of hydrogen-bond donors (Lipinski definition) is 1. The first-order chi connectivity index (χ1) is 10.7. The molecule has 1 aromatic rings. The second-order valence-electron chi connectivity index (χ2n) is 6.59. The van der Waals surface area contributed by atoms with Gasteiger partial charge < -0.3 is 15.0 Å². The third-order valence-corrected chi connectivity index (χ3v) is 4.45. The molecule has 124 valence electrons. The molecule has 0 aromatic carbocycles. The fourth-order valence-electron chi connectivity index (χ4n) is 2.20. The highest BCUT2D eigenvalue weighted by atomic mass is 32.1. The van der Waals surface area contributed by atoms with Crippen molar-refractivity contribution in [2.45, 2.75) is 33.2 Å². The Morgan fingerprint density at radius 3 is 2.70 bits per heavy atom. The number of likely N-dealkylation sites (N-methyl/N-ethyl adjacent to an activating group) is 1. The molecule has 1 saturated heterocycles. The van der Waals surface area contributed by atoms with Crippen LogP contribution in [-0.2, 0) is 9.53 Å². The molecule has 0 bridgehead atoms. The highest BCUT2D eigenvalue weighted by Gasteiger charge is 2.30. The number of methoxy groups -OCH3 is 1. The Morgan fingerprint density at radius 1 is 1.48 bits per heavy atom. The predicted molar refractivity (Wildman–Crippen MR) is 91.7 cm³/mol. The van der Waals surface area contributed by atoms with Gasteiger partial charge in [0, 0.05) is 19.0 Å². The van der Waals surface area contributed by atoms with Crippen molar-refractivity contribution in [3.8, 4) is 11.8 Å². The van der Waals surface area contributed by atoms with Crippen molar-refractivity contribution in [2.75, 3.05) is 26.0 Å². The summed E-state index contributed by atoms with van der Waals surface area (Å²) >= 11 is 1.28. The summed E-state index contributed by atoms with van der Waals surface area (Å²) in [5.74, 6) is 5.86. The van der Waals surface area contributed by atoms with Crippen molar-refractivity contribution in [3.63, 3.8) is 0 Å². The topological polar surface area (TPSA) is 58.6 Å². The van der Waals surface area contributed by atoms with Crippen LogP contribution in [0.5, 0.6) is 0 Å². The third kappa shape index (κ3) is 4.26. The number of hydrogen-bond acceptors (Lipinski definition) is 5. The summed E-state index contributed by atoms with van der Waals surface area (Å²) < 4.78 is 4.84. The minimum Gasteiger partial charge on any atom is -0.465 e. The van der Waals surface area contributed by atoms with E-state index in [2.05, 4.69) is 17.2 Å². The Bertz CT molecular complexity index is 676. The van der Waals surface area contributed by atoms with Gasteiger partial charge in [-0.2, -0.15) is 0 Å². The van der Waals surface area contributed by atoms with Gasteiger partial charge in [0.15, 0.2) is 0 Å². The van der Waals surface area contributed by atoms with E-state index in [0.717, 1.165) is 11.3 Å². The number of ether oxygens (including phenoxy) is 1. The molecule has 0 radical (unpaired) electrons. The van der Waals surface area contributed by atoms with E-state index < -0.39 is 5.97 Å². The molecule has 2 rings (SSSR count). The maximum Gasteiger partial charge on any atom is 0.350 e. The maximum atomic E-state index is 12.0. The molecule has 0 aliphatic carbocycles. The molecule has 5 nitrogen and oxygen atoms in total. The number of thiophene rings is 1. The Balaban J connectivity index is 2.29. The van der Waals surface area contributed by atoms with Crippen molar-refractivity contribution in [3.05, 3.63) is 15.8 Å². The summed E-state index contributed by atoms with van der Waals surface area (Å²) in [4.78, 5) is 26.9. The largest absolute Gasteiger partial charge is 0.465 e. The van der Waals surface area contributed by atoms with Gasteiger partial charge in [-0.25, -0.2) is 4.79 Å². The summed E-state index contributed by atoms with van der Waals surface area (Å²) in [6.07, 6.45) is 0.717. The lowest BCUT2D eigenvalue weighted by Crippen LogP contribution is -2.31. The average molecular weight is 334 g/mol. The van der Waals surface area contributed by atoms with E-state index in [-0.39, 0.29) is 17.4 Å². The number of amides is 1. The zero-order chi connectivity index (χ0) is 17.2. The molecule has 1 aromatic heterocycles. The summed E-state index contributed by atoms with van der Waals surface area (Å²) in [7, 11) is 3.12. The Labute approximate surface area is 141 Å². The van der Waals surface area contributed by atoms with Crippen LogP contribution in [0.3, 0.4) is 0 Å². The minimum atomic E-state index is -0.417. The maximum absolute atomic E-state index is 12.0. The molecular formula is C17H22N2O3S. The van der Waals surface area contributed by atoms with Gasteiger partial charge in [0.05, 0.1) is 17.7 Å². The Kier molecular flexibility index (Phi) is 5.00. The summed E-state index contributed by atoms with van der Waals surface area (Å²) in [6, 6.07) is 1.52. The predicted octanol–water partition coefficient (Wildman–Crippen LogP) is 2.57. The Hall–Kier alpha value is -2.00. The third-order valence-electron chi connectivity index (χ3n) is 3.42. The second kappa shape index (κ2) is 6.63. The van der Waals surface area contributed by atoms with Crippen LogP contribution in [0.2, 0.25) is 0 Å². The van der Waals surface area contributed by atoms with E-state index >= 15 is 0 Å². The summed E-state index contributed by atoms with van der Waals surface area (Å²) in [5.41, 5.74) is 0.501. The van der Waals surface area contributed by atoms with Gasteiger partial charge in [-0.05, 0) is 33.3 Å². The van der Waals surface area contributed by atoms with Gasteiger partial charge in [-0.15, -0.1) is 11.3 Å². The zero-order valence-corrected chi connectivity index (χ0v) is 15.0. The van der Waals surface area contributed by atoms with Crippen LogP contribution in [0.25, 0.3) is 0 Å². The minimum absolute atomic E-state index is 0.0364. The van der Waals surface area contributed by atoms with Gasteiger partial charge in [-0.3, -0.25) is 4.79 Å². The number of anilines is 1. The van der Waals surface area contributed by atoms with Crippen LogP contribution in [0.15, 0.2) is 6.07 Å². The lowest BCUT2D eigenvalue weighted by atomic mass is 9.98. The summed E-state index contributed by atoms with van der Waals surface area (Å²) in [5, 5.41) is 3.17. The van der Waals surface area contributed by atoms with Gasteiger partial charge in [0.1, 0.15) is 10.9 Å². The molecule has 1 fully saturated rings. The molecule has 2 heterocycles. The first-order valence-corrected chi connectivity index (χ1v) is 8.30. The molecule has 23 heavy (non-hydrogen) atoms. The van der Waals surface area contributed by atoms with Gasteiger partial charge in [0.25, 0.3) is 0 Å². The smallest absolute Gasteiger partial charge is 0.350 e. The quantitative estimate of drug-likeness (QED) is 0.682. The van der Waals surface area contributed by atoms with Gasteiger partial charge in [0.2, 0.25) is 5.91 Å². The van der Waals surface area contributed by atoms with Crippen molar-refractivity contribution < 1.29 is 14.3 Å². The number of nitrogens with zero attached hydrogens (tertiary/aromatic N) is 1. The van der Waals surface area contributed by atoms with E-state index in [0.29, 0.717) is 17.1 Å². The molecule has 6 heteroatoms. The van der Waals surface area contributed by atoms with Crippen molar-refractivity contribution in [1.29, 1.82) is 0 Å². The molecule has 1 aliphatic heterocycles. The summed E-state index contributed by atoms with van der Waals surface area (Å²) in [6.45, 7) is 6.80. The Morgan fingerprint density at radius 2 is 2.17 bits per heavy atom. The second-order valence-corrected chi connectivity index (χ2v) is 7.64. The van der Waals surface area contributed by atoms with Crippen LogP contribution in [0, 0.1) is 17.3 Å². The van der Waals surface area contributed by atoms with E-state index in [1.807, 2.05) is 26.8 Å². The fraction of sp³-hybridized carbons (Fsp3) is 0.529. The van der Waals surface area contributed by atoms with Crippen LogP contribution in [0.1, 0.15) is 41.7 Å². The van der Waals surface area contributed by atoms with E-state index in [1.54, 1.807) is 11.9 Å². The van der Waals surface area contributed by atoms with Crippen LogP contribution < -0.4 is 5.32 Å². The van der Waals surface area contributed by atoms with Crippen LogP contribution >= 0.6 is 11.3 Å². The molecule has 1 atom stereocenters. The highest BCUT2D eigenvalue weighted by molar-refractivity contribution is 7.15. The number of carbonyl (C=O) groups excluding carboxylic acids is 2. The first kappa shape index (κ1) is 17.4. The zero-order valence-electron chi connectivity index (χ0n) is 14.1. The average Bonchev–Trinajstić information content (AvgIpc) is 3.02. The molecule has 1 amide bonds. The van der Waals surface area contributed by atoms with Gasteiger partial charge in [-0.1, -0.05) is 11.8 Å². The molecular weight excluding hydrogens is 312 g/mol. The van der Waals surface area contributed by atoms with E-state index in [1.165, 1.54) is 18.4 Å². The fourth-order valence-corrected chi connectivity index (χ4v) is 3.09. The molecule has 1 unspecified atom stereocenters. The number of carbonyl (C=O) groups is 2. The monoisotopic (exact) mass is 334 g/mol. The van der Waals surface area contributed by atoms with Crippen molar-refractivity contribution in [1.82, 2.24) is 4.90 Å². The van der Waals surface area contributed by atoms with Crippen LogP contribution in [-0.4, -0.2) is 43.5 Å². The van der Waals surface area contributed by atoms with Gasteiger partial charge >= 0.3 is 5.97 Å². The standard InChI is InChI=1S/C17H22N2O3S/c1-17(2,3)8-6-11-10-13(14(23-11)16(21)22-5)18-12-7-9-19(4)15(12)20/h10,12,18H,7,9H2,1-5H3. The highest BCUT2D eigenvalue weighted by Crippen LogP contribution is 2.30. The normalized spacial score (nSPS) is 17.7. The lowest BCUT2D eigenvalue weighted by Gasteiger charge is -2.13. The molecule has 1 aliphatic rings. The molecule has 1 N–H and O–H groups in total. The number of esters is 1. The van der Waals surface area contributed by atoms with Crippen LogP contribution in [0.4, 0.5) is 5.69 Å². The van der Waals surface area contributed by atoms with Crippen molar-refractivity contribution >= 4 is 28.9 Å². The first-order valence-electron chi connectivity index (χ1n) is 7.48.